The molecule has 0 unspecified atom stereocenters. The van der Waals surface area contributed by atoms with Gasteiger partial charge in [0.15, 0.2) is 0 Å². The second-order valence-corrected chi connectivity index (χ2v) is 8.45. The molecule has 2 aliphatic rings. The fourth-order valence-corrected chi connectivity index (χ4v) is 4.08. The first-order valence-electron chi connectivity index (χ1n) is 9.64. The highest BCUT2D eigenvalue weighted by Gasteiger charge is 2.47. The van der Waals surface area contributed by atoms with Crippen LogP contribution in [0.4, 0.5) is 5.69 Å². The number of halogens is 1. The van der Waals surface area contributed by atoms with Crippen LogP contribution < -0.4 is 16.2 Å². The van der Waals surface area contributed by atoms with Crippen molar-refractivity contribution < 1.29 is 19.1 Å². The molecule has 1 aliphatic carbocycles. The zero-order valence-electron chi connectivity index (χ0n) is 16.2. The van der Waals surface area contributed by atoms with Gasteiger partial charge in [-0.05, 0) is 49.8 Å². The van der Waals surface area contributed by atoms with Crippen LogP contribution in [0.15, 0.2) is 18.2 Å². The van der Waals surface area contributed by atoms with Gasteiger partial charge in [-0.25, -0.2) is 0 Å². The molecule has 1 amide bonds. The first kappa shape index (κ1) is 20.7. The van der Waals surface area contributed by atoms with Gasteiger partial charge in [0.25, 0.3) is 0 Å². The molecule has 1 heterocycles. The van der Waals surface area contributed by atoms with E-state index in [0.29, 0.717) is 41.8 Å². The van der Waals surface area contributed by atoms with Gasteiger partial charge in [-0.1, -0.05) is 11.6 Å². The topological polar surface area (TPSA) is 108 Å². The molecule has 0 atom stereocenters. The standard InChI is InChI=1S/C20H28ClN3O4/c1-13(25)28-12-20(23)9-15(10-20)19(26)24-6-4-14(5-7-24)11-27-18-3-2-16(21)8-17(18)22/h2-3,8,14-15H,4-7,9-12,22-23H2,1H3/t15-,20+. The number of hydrogen-bond acceptors (Lipinski definition) is 6. The molecule has 1 aromatic rings. The van der Waals surface area contributed by atoms with Crippen molar-refractivity contribution in [2.24, 2.45) is 17.6 Å². The van der Waals surface area contributed by atoms with Gasteiger partial charge in [0.1, 0.15) is 12.4 Å². The van der Waals surface area contributed by atoms with E-state index < -0.39 is 5.54 Å². The van der Waals surface area contributed by atoms with Crippen molar-refractivity contribution in [1.82, 2.24) is 4.90 Å². The summed E-state index contributed by atoms with van der Waals surface area (Å²) in [6.07, 6.45) is 2.93. The third-order valence-electron chi connectivity index (χ3n) is 5.59. The number of amides is 1. The lowest BCUT2D eigenvalue weighted by Gasteiger charge is -2.45. The summed E-state index contributed by atoms with van der Waals surface area (Å²) in [5.41, 5.74) is 12.1. The minimum absolute atomic E-state index is 0.0674. The number of hydrogen-bond donors (Lipinski definition) is 2. The van der Waals surface area contributed by atoms with E-state index in [1.165, 1.54) is 6.92 Å². The Morgan fingerprint density at radius 3 is 2.57 bits per heavy atom. The summed E-state index contributed by atoms with van der Waals surface area (Å²) in [5, 5.41) is 0.585. The number of anilines is 1. The van der Waals surface area contributed by atoms with Crippen molar-refractivity contribution in [3.8, 4) is 5.75 Å². The second kappa shape index (κ2) is 8.57. The van der Waals surface area contributed by atoms with Gasteiger partial charge < -0.3 is 25.8 Å². The third kappa shape index (κ3) is 5.08. The number of carbonyl (C=O) groups excluding carboxylic acids is 2. The molecule has 1 aromatic carbocycles. The third-order valence-corrected chi connectivity index (χ3v) is 5.83. The van der Waals surface area contributed by atoms with E-state index >= 15 is 0 Å². The number of benzene rings is 1. The number of nitrogens with two attached hydrogens (primary N) is 2. The Kier molecular flexibility index (Phi) is 6.35. The molecular formula is C20H28ClN3O4. The number of nitrogens with zero attached hydrogens (tertiary/aromatic N) is 1. The highest BCUT2D eigenvalue weighted by molar-refractivity contribution is 6.30. The lowest BCUT2D eigenvalue weighted by Crippen LogP contribution is -2.59. The average Bonchev–Trinajstić information content (AvgIpc) is 2.63. The van der Waals surface area contributed by atoms with Crippen LogP contribution in [-0.2, 0) is 14.3 Å². The van der Waals surface area contributed by atoms with Crippen molar-refractivity contribution in [3.63, 3.8) is 0 Å². The van der Waals surface area contributed by atoms with E-state index in [4.69, 9.17) is 32.5 Å². The van der Waals surface area contributed by atoms with E-state index in [1.54, 1.807) is 18.2 Å². The van der Waals surface area contributed by atoms with Gasteiger partial charge in [0, 0.05) is 31.0 Å². The minimum Gasteiger partial charge on any atom is -0.491 e. The van der Waals surface area contributed by atoms with Crippen LogP contribution in [0.3, 0.4) is 0 Å². The highest BCUT2D eigenvalue weighted by atomic mass is 35.5. The number of nitrogen functional groups attached to an aromatic ring is 1. The number of esters is 1. The molecule has 4 N–H and O–H groups in total. The van der Waals surface area contributed by atoms with E-state index in [1.807, 2.05) is 4.90 Å². The quantitative estimate of drug-likeness (QED) is 0.550. The van der Waals surface area contributed by atoms with E-state index in [-0.39, 0.29) is 24.4 Å². The van der Waals surface area contributed by atoms with Crippen molar-refractivity contribution in [2.75, 3.05) is 32.0 Å². The Balaban J connectivity index is 1.39. The average molecular weight is 410 g/mol. The number of carbonyl (C=O) groups is 2. The Hall–Kier alpha value is -1.99. The van der Waals surface area contributed by atoms with Crippen LogP contribution >= 0.6 is 11.6 Å². The van der Waals surface area contributed by atoms with Crippen LogP contribution in [0.2, 0.25) is 5.02 Å². The van der Waals surface area contributed by atoms with Crippen molar-refractivity contribution >= 4 is 29.2 Å². The summed E-state index contributed by atoms with van der Waals surface area (Å²) in [5.74, 6) is 0.777. The molecule has 1 saturated carbocycles. The molecule has 3 rings (SSSR count). The summed E-state index contributed by atoms with van der Waals surface area (Å²) >= 11 is 5.90. The number of likely N-dealkylation sites (tertiary alicyclic amines) is 1. The van der Waals surface area contributed by atoms with Crippen LogP contribution in [0.25, 0.3) is 0 Å². The predicted molar refractivity (Wildman–Crippen MR) is 107 cm³/mol. The smallest absolute Gasteiger partial charge is 0.302 e. The number of piperidine rings is 1. The zero-order chi connectivity index (χ0) is 20.3. The minimum atomic E-state index is -0.559. The van der Waals surface area contributed by atoms with Crippen molar-refractivity contribution in [1.29, 1.82) is 0 Å². The van der Waals surface area contributed by atoms with Gasteiger partial charge >= 0.3 is 5.97 Å². The highest BCUT2D eigenvalue weighted by Crippen LogP contribution is 2.38. The molecule has 154 valence electrons. The summed E-state index contributed by atoms with van der Waals surface area (Å²) in [6, 6.07) is 5.21. The molecule has 0 bridgehead atoms. The molecule has 1 saturated heterocycles. The molecule has 7 nitrogen and oxygen atoms in total. The van der Waals surface area contributed by atoms with Gasteiger partial charge in [-0.3, -0.25) is 9.59 Å². The van der Waals surface area contributed by atoms with E-state index in [2.05, 4.69) is 0 Å². The number of ether oxygens (including phenoxy) is 2. The van der Waals surface area contributed by atoms with Crippen molar-refractivity contribution in [3.05, 3.63) is 23.2 Å². The first-order chi connectivity index (χ1) is 13.3. The monoisotopic (exact) mass is 409 g/mol. The van der Waals surface area contributed by atoms with E-state index in [9.17, 15) is 9.59 Å². The molecular weight excluding hydrogens is 382 g/mol. The van der Waals surface area contributed by atoms with Crippen LogP contribution in [0.5, 0.6) is 5.75 Å². The fraction of sp³-hybridized carbons (Fsp3) is 0.600. The van der Waals surface area contributed by atoms with Gasteiger partial charge in [-0.15, -0.1) is 0 Å². The lowest BCUT2D eigenvalue weighted by atomic mass is 9.68. The summed E-state index contributed by atoms with van der Waals surface area (Å²) in [6.45, 7) is 3.56. The van der Waals surface area contributed by atoms with Crippen molar-refractivity contribution in [2.45, 2.75) is 38.1 Å². The molecule has 0 aromatic heterocycles. The summed E-state index contributed by atoms with van der Waals surface area (Å²) in [4.78, 5) is 25.5. The first-order valence-corrected chi connectivity index (χ1v) is 10.0. The summed E-state index contributed by atoms with van der Waals surface area (Å²) < 4.78 is 10.8. The Bertz CT molecular complexity index is 728. The largest absolute Gasteiger partial charge is 0.491 e. The maximum Gasteiger partial charge on any atom is 0.302 e. The fourth-order valence-electron chi connectivity index (χ4n) is 3.90. The van der Waals surface area contributed by atoms with Gasteiger partial charge in [0.05, 0.1) is 17.8 Å². The maximum atomic E-state index is 12.7. The SMILES string of the molecule is CC(=O)OC[C@]1(N)C[C@@H](C(=O)N2CCC(COc3ccc(Cl)cc3N)CC2)C1. The molecule has 1 aliphatic heterocycles. The van der Waals surface area contributed by atoms with Gasteiger partial charge in [0.2, 0.25) is 5.91 Å². The summed E-state index contributed by atoms with van der Waals surface area (Å²) in [7, 11) is 0. The normalized spacial score (nSPS) is 25.1. The second-order valence-electron chi connectivity index (χ2n) is 8.01. The molecule has 2 fully saturated rings. The molecule has 8 heteroatoms. The van der Waals surface area contributed by atoms with Crippen LogP contribution in [-0.4, -0.2) is 48.6 Å². The lowest BCUT2D eigenvalue weighted by molar-refractivity contribution is -0.148. The van der Waals surface area contributed by atoms with E-state index in [0.717, 1.165) is 25.9 Å². The van der Waals surface area contributed by atoms with Crippen LogP contribution in [0.1, 0.15) is 32.6 Å². The number of rotatable bonds is 6. The zero-order valence-corrected chi connectivity index (χ0v) is 16.9. The van der Waals surface area contributed by atoms with Crippen LogP contribution in [0, 0.1) is 11.8 Å². The molecule has 0 radical (unpaired) electrons. The molecule has 28 heavy (non-hydrogen) atoms. The van der Waals surface area contributed by atoms with Gasteiger partial charge in [-0.2, -0.15) is 0 Å². The Labute approximate surface area is 170 Å². The Morgan fingerprint density at radius 2 is 1.96 bits per heavy atom. The Morgan fingerprint density at radius 1 is 1.29 bits per heavy atom. The molecule has 0 spiro atoms. The maximum absolute atomic E-state index is 12.7. The predicted octanol–water partition coefficient (Wildman–Crippen LogP) is 2.21.